The zero-order chi connectivity index (χ0) is 14.5. The fraction of sp³-hybridized carbons (Fsp3) is 0.917. The van der Waals surface area contributed by atoms with Crippen molar-refractivity contribution in [2.75, 3.05) is 30.1 Å². The van der Waals surface area contributed by atoms with Gasteiger partial charge in [0.2, 0.25) is 5.91 Å². The summed E-state index contributed by atoms with van der Waals surface area (Å²) in [6, 6.07) is 0. The molecule has 1 aliphatic heterocycles. The van der Waals surface area contributed by atoms with E-state index in [0.717, 1.165) is 24.3 Å². The number of carbonyl (C=O) groups excluding carboxylic acids is 1. The van der Waals surface area contributed by atoms with Gasteiger partial charge in [-0.3, -0.25) is 4.79 Å². The average molecular weight is 326 g/mol. The van der Waals surface area contributed by atoms with Crippen molar-refractivity contribution in [2.45, 2.75) is 37.3 Å². The topological polar surface area (TPSA) is 54.5 Å². The van der Waals surface area contributed by atoms with E-state index >= 15 is 0 Å². The summed E-state index contributed by atoms with van der Waals surface area (Å²) in [7, 11) is -3.20. The second kappa shape index (κ2) is 7.78. The number of unbranched alkanes of at least 4 members (excludes halogenated alkanes) is 1. The quantitative estimate of drug-likeness (QED) is 0.698. The van der Waals surface area contributed by atoms with Gasteiger partial charge in [-0.15, -0.1) is 11.8 Å². The van der Waals surface area contributed by atoms with Gasteiger partial charge in [0, 0.05) is 24.3 Å². The first-order valence-corrected chi connectivity index (χ1v) is 10.7. The Morgan fingerprint density at radius 3 is 2.79 bits per heavy atom. The Bertz CT molecular complexity index is 397. The van der Waals surface area contributed by atoms with Gasteiger partial charge in [0.05, 0.1) is 5.25 Å². The van der Waals surface area contributed by atoms with Crippen LogP contribution in [0, 0.1) is 0 Å². The largest absolute Gasteiger partial charge is 0.323 e. The van der Waals surface area contributed by atoms with E-state index in [-0.39, 0.29) is 11.2 Å². The van der Waals surface area contributed by atoms with Gasteiger partial charge < -0.3 is 4.90 Å². The van der Waals surface area contributed by atoms with Crippen LogP contribution in [-0.2, 0) is 14.6 Å². The van der Waals surface area contributed by atoms with Crippen LogP contribution in [0.25, 0.3) is 0 Å². The molecule has 1 rings (SSSR count). The Morgan fingerprint density at radius 2 is 2.21 bits per heavy atom. The van der Waals surface area contributed by atoms with Gasteiger partial charge in [0.25, 0.3) is 0 Å². The lowest BCUT2D eigenvalue weighted by molar-refractivity contribution is -0.130. The zero-order valence-electron chi connectivity index (χ0n) is 11.8. The predicted octanol–water partition coefficient (Wildman–Crippen LogP) is 1.85. The van der Waals surface area contributed by atoms with E-state index < -0.39 is 15.2 Å². The Kier molecular flexibility index (Phi) is 7.04. The fourth-order valence-electron chi connectivity index (χ4n) is 1.90. The molecule has 1 saturated heterocycles. The van der Waals surface area contributed by atoms with Gasteiger partial charge in [-0.05, 0) is 19.1 Å². The maximum atomic E-state index is 12.4. The fourth-order valence-corrected chi connectivity index (χ4v) is 5.81. The van der Waals surface area contributed by atoms with Crippen molar-refractivity contribution < 1.29 is 13.2 Å². The summed E-state index contributed by atoms with van der Waals surface area (Å²) in [5.41, 5.74) is 0. The monoisotopic (exact) mass is 325 g/mol. The standard InChI is InChI=1S/C12H23NO3S3/c1-4-5-7-18-10(2)12(14)13-6-8-17-9-11(13)19(3,15)16/h10-11H,4-9H2,1-3H3/t10-,11-/m1/s1. The highest BCUT2D eigenvalue weighted by Crippen LogP contribution is 2.24. The van der Waals surface area contributed by atoms with Crippen molar-refractivity contribution in [1.29, 1.82) is 0 Å². The molecule has 0 N–H and O–H groups in total. The van der Waals surface area contributed by atoms with E-state index in [0.29, 0.717) is 12.3 Å². The van der Waals surface area contributed by atoms with Crippen LogP contribution in [0.15, 0.2) is 0 Å². The lowest BCUT2D eigenvalue weighted by atomic mass is 10.3. The highest BCUT2D eigenvalue weighted by Gasteiger charge is 2.35. The molecule has 0 radical (unpaired) electrons. The van der Waals surface area contributed by atoms with Crippen molar-refractivity contribution in [2.24, 2.45) is 0 Å². The highest BCUT2D eigenvalue weighted by atomic mass is 32.2. The molecule has 1 heterocycles. The minimum Gasteiger partial charge on any atom is -0.323 e. The SMILES string of the molecule is CCCCS[C@H](C)C(=O)N1CCSC[C@H]1S(C)(=O)=O. The van der Waals surface area contributed by atoms with E-state index in [1.165, 1.54) is 6.26 Å². The highest BCUT2D eigenvalue weighted by molar-refractivity contribution is 8.01. The van der Waals surface area contributed by atoms with Crippen LogP contribution in [0.3, 0.4) is 0 Å². The van der Waals surface area contributed by atoms with Gasteiger partial charge >= 0.3 is 0 Å². The van der Waals surface area contributed by atoms with E-state index in [4.69, 9.17) is 0 Å². The lowest BCUT2D eigenvalue weighted by Gasteiger charge is -2.35. The number of hydrogen-bond donors (Lipinski definition) is 0. The molecule has 0 saturated carbocycles. The minimum atomic E-state index is -3.20. The van der Waals surface area contributed by atoms with Crippen LogP contribution in [0.1, 0.15) is 26.7 Å². The van der Waals surface area contributed by atoms with E-state index in [1.807, 2.05) is 6.92 Å². The molecule has 0 spiro atoms. The molecule has 1 aliphatic rings. The molecule has 1 amide bonds. The third-order valence-electron chi connectivity index (χ3n) is 3.08. The van der Waals surface area contributed by atoms with Crippen LogP contribution in [0.5, 0.6) is 0 Å². The lowest BCUT2D eigenvalue weighted by Crippen LogP contribution is -2.52. The van der Waals surface area contributed by atoms with Crippen molar-refractivity contribution >= 4 is 39.3 Å². The summed E-state index contributed by atoms with van der Waals surface area (Å²) < 4.78 is 23.5. The number of hydrogen-bond acceptors (Lipinski definition) is 5. The second-order valence-electron chi connectivity index (χ2n) is 4.76. The summed E-state index contributed by atoms with van der Waals surface area (Å²) in [5.74, 6) is 2.24. The molecule has 7 heteroatoms. The van der Waals surface area contributed by atoms with Gasteiger partial charge in [-0.2, -0.15) is 11.8 Å². The molecule has 0 aliphatic carbocycles. The van der Waals surface area contributed by atoms with Gasteiger partial charge in [-0.25, -0.2) is 8.42 Å². The first kappa shape index (κ1) is 17.2. The molecule has 1 fully saturated rings. The Morgan fingerprint density at radius 1 is 1.53 bits per heavy atom. The molecule has 112 valence electrons. The summed E-state index contributed by atoms with van der Waals surface area (Å²) in [5, 5.41) is -0.799. The Balaban J connectivity index is 2.66. The van der Waals surface area contributed by atoms with Crippen molar-refractivity contribution in [3.8, 4) is 0 Å². The maximum Gasteiger partial charge on any atom is 0.236 e. The summed E-state index contributed by atoms with van der Waals surface area (Å²) >= 11 is 3.23. The first-order chi connectivity index (χ1) is 8.88. The van der Waals surface area contributed by atoms with Crippen LogP contribution in [0.2, 0.25) is 0 Å². The molecule has 0 bridgehead atoms. The molecule has 0 aromatic rings. The molecule has 19 heavy (non-hydrogen) atoms. The van der Waals surface area contributed by atoms with Gasteiger partial charge in [0.15, 0.2) is 9.84 Å². The molecule has 4 nitrogen and oxygen atoms in total. The van der Waals surface area contributed by atoms with E-state index in [9.17, 15) is 13.2 Å². The van der Waals surface area contributed by atoms with Crippen LogP contribution < -0.4 is 0 Å². The van der Waals surface area contributed by atoms with Gasteiger partial charge in [-0.1, -0.05) is 13.3 Å². The van der Waals surface area contributed by atoms with Crippen LogP contribution in [-0.4, -0.2) is 59.9 Å². The molecule has 2 atom stereocenters. The number of thioether (sulfide) groups is 2. The molecular formula is C12H23NO3S3. The number of amides is 1. The third kappa shape index (κ3) is 5.19. The Hall–Kier alpha value is 0.120. The zero-order valence-corrected chi connectivity index (χ0v) is 14.2. The average Bonchev–Trinajstić information content (AvgIpc) is 2.37. The molecule has 0 aromatic carbocycles. The number of carbonyl (C=O) groups is 1. The van der Waals surface area contributed by atoms with Crippen molar-refractivity contribution in [1.82, 2.24) is 4.90 Å². The normalized spacial score (nSPS) is 22.3. The summed E-state index contributed by atoms with van der Waals surface area (Å²) in [6.07, 6.45) is 3.42. The molecule has 0 aromatic heterocycles. The van der Waals surface area contributed by atoms with E-state index in [1.54, 1.807) is 28.4 Å². The van der Waals surface area contributed by atoms with Crippen molar-refractivity contribution in [3.63, 3.8) is 0 Å². The summed E-state index contributed by atoms with van der Waals surface area (Å²) in [6.45, 7) is 4.54. The van der Waals surface area contributed by atoms with Crippen LogP contribution >= 0.6 is 23.5 Å². The third-order valence-corrected chi connectivity index (χ3v) is 6.94. The minimum absolute atomic E-state index is 0.0307. The van der Waals surface area contributed by atoms with E-state index in [2.05, 4.69) is 6.92 Å². The second-order valence-corrected chi connectivity index (χ2v) is 9.56. The Labute approximate surface area is 125 Å². The van der Waals surface area contributed by atoms with Crippen LogP contribution in [0.4, 0.5) is 0 Å². The number of rotatable bonds is 6. The first-order valence-electron chi connectivity index (χ1n) is 6.56. The van der Waals surface area contributed by atoms with Gasteiger partial charge in [0.1, 0.15) is 5.37 Å². The predicted molar refractivity (Wildman–Crippen MR) is 84.5 cm³/mol. The summed E-state index contributed by atoms with van der Waals surface area (Å²) in [4.78, 5) is 13.9. The number of nitrogens with zero attached hydrogens (tertiary/aromatic N) is 1. The molecular weight excluding hydrogens is 302 g/mol. The molecule has 0 unspecified atom stereocenters. The smallest absolute Gasteiger partial charge is 0.236 e. The number of sulfone groups is 1. The van der Waals surface area contributed by atoms with Crippen molar-refractivity contribution in [3.05, 3.63) is 0 Å². The maximum absolute atomic E-state index is 12.4.